The number of aromatic nitrogens is 1. The highest BCUT2D eigenvalue weighted by atomic mass is 35.5. The number of amides is 1. The fourth-order valence-electron chi connectivity index (χ4n) is 3.64. The molecule has 30 heavy (non-hydrogen) atoms. The summed E-state index contributed by atoms with van der Waals surface area (Å²) in [6, 6.07) is 14.9. The monoisotopic (exact) mass is 458 g/mol. The standard InChI is InChI=1S/C23H20Cl2N2O2S/c24-19-7-6-17(12-20(19)25)22(29)15-8-10-27(11-9-15)21(28)13-18-14-30-23(26-18)16-4-2-1-3-5-16/h1-7,12,14-15H,8-11,13H2. The van der Waals surface area contributed by atoms with Crippen LogP contribution in [0.1, 0.15) is 28.9 Å². The van der Waals surface area contributed by atoms with Crippen molar-refractivity contribution in [2.24, 2.45) is 5.92 Å². The highest BCUT2D eigenvalue weighted by Gasteiger charge is 2.28. The van der Waals surface area contributed by atoms with Gasteiger partial charge in [0.05, 0.1) is 22.2 Å². The molecule has 2 aromatic carbocycles. The van der Waals surface area contributed by atoms with E-state index in [1.807, 2.05) is 40.6 Å². The van der Waals surface area contributed by atoms with Gasteiger partial charge in [-0.25, -0.2) is 4.98 Å². The zero-order chi connectivity index (χ0) is 21.1. The number of nitrogens with zero attached hydrogens (tertiary/aromatic N) is 2. The van der Waals surface area contributed by atoms with Gasteiger partial charge in [0.15, 0.2) is 5.78 Å². The van der Waals surface area contributed by atoms with E-state index in [0.717, 1.165) is 16.3 Å². The van der Waals surface area contributed by atoms with Crippen LogP contribution in [0, 0.1) is 5.92 Å². The second-order valence-corrected chi connectivity index (χ2v) is 9.01. The molecular weight excluding hydrogens is 439 g/mol. The van der Waals surface area contributed by atoms with Gasteiger partial charge in [-0.15, -0.1) is 11.3 Å². The van der Waals surface area contributed by atoms with Crippen molar-refractivity contribution in [1.29, 1.82) is 0 Å². The van der Waals surface area contributed by atoms with Crippen molar-refractivity contribution < 1.29 is 9.59 Å². The van der Waals surface area contributed by atoms with Crippen LogP contribution in [-0.2, 0) is 11.2 Å². The first kappa shape index (κ1) is 21.0. The third kappa shape index (κ3) is 4.75. The zero-order valence-corrected chi connectivity index (χ0v) is 18.5. The number of carbonyl (C=O) groups excluding carboxylic acids is 2. The number of ketones is 1. The lowest BCUT2D eigenvalue weighted by atomic mass is 9.89. The normalized spacial score (nSPS) is 14.7. The summed E-state index contributed by atoms with van der Waals surface area (Å²) >= 11 is 13.5. The number of thiazole rings is 1. The number of piperidine rings is 1. The lowest BCUT2D eigenvalue weighted by Gasteiger charge is -2.31. The maximum Gasteiger partial charge on any atom is 0.228 e. The Kier molecular flexibility index (Phi) is 6.52. The predicted molar refractivity (Wildman–Crippen MR) is 121 cm³/mol. The molecule has 0 spiro atoms. The molecule has 1 aliphatic heterocycles. The van der Waals surface area contributed by atoms with Crippen molar-refractivity contribution in [3.05, 3.63) is 75.2 Å². The van der Waals surface area contributed by atoms with Crippen LogP contribution in [0.15, 0.2) is 53.9 Å². The van der Waals surface area contributed by atoms with Gasteiger partial charge < -0.3 is 4.90 Å². The largest absolute Gasteiger partial charge is 0.342 e. The van der Waals surface area contributed by atoms with Crippen LogP contribution in [-0.4, -0.2) is 34.7 Å². The summed E-state index contributed by atoms with van der Waals surface area (Å²) in [5.41, 5.74) is 2.42. The molecule has 154 valence electrons. The van der Waals surface area contributed by atoms with Crippen LogP contribution >= 0.6 is 34.5 Å². The van der Waals surface area contributed by atoms with E-state index in [4.69, 9.17) is 23.2 Å². The number of hydrogen-bond donors (Lipinski definition) is 0. The molecule has 1 amide bonds. The Bertz CT molecular complexity index is 1060. The number of Topliss-reactive ketones (excluding diaryl/α,β-unsaturated/α-hetero) is 1. The first-order valence-corrected chi connectivity index (χ1v) is 11.4. The quantitative estimate of drug-likeness (QED) is 0.455. The van der Waals surface area contributed by atoms with Crippen molar-refractivity contribution in [3.63, 3.8) is 0 Å². The van der Waals surface area contributed by atoms with E-state index in [1.165, 1.54) is 0 Å². The molecule has 1 fully saturated rings. The molecule has 1 aromatic heterocycles. The van der Waals surface area contributed by atoms with Gasteiger partial charge in [0.25, 0.3) is 0 Å². The maximum absolute atomic E-state index is 12.8. The van der Waals surface area contributed by atoms with Gasteiger partial charge >= 0.3 is 0 Å². The highest BCUT2D eigenvalue weighted by Crippen LogP contribution is 2.28. The molecule has 0 bridgehead atoms. The number of likely N-dealkylation sites (tertiary alicyclic amines) is 1. The van der Waals surface area contributed by atoms with E-state index < -0.39 is 0 Å². The third-order valence-corrected chi connectivity index (χ3v) is 7.01. The molecule has 0 N–H and O–H groups in total. The topological polar surface area (TPSA) is 50.3 Å². The first-order chi connectivity index (χ1) is 14.5. The van der Waals surface area contributed by atoms with Crippen molar-refractivity contribution in [2.75, 3.05) is 13.1 Å². The lowest BCUT2D eigenvalue weighted by Crippen LogP contribution is -2.41. The summed E-state index contributed by atoms with van der Waals surface area (Å²) in [5.74, 6) is 0.0169. The lowest BCUT2D eigenvalue weighted by molar-refractivity contribution is -0.131. The molecule has 1 saturated heterocycles. The van der Waals surface area contributed by atoms with Gasteiger partial charge in [0, 0.05) is 35.5 Å². The number of carbonyl (C=O) groups is 2. The Morgan fingerprint density at radius 3 is 2.47 bits per heavy atom. The molecule has 3 aromatic rings. The molecule has 0 saturated carbocycles. The van der Waals surface area contributed by atoms with Gasteiger partial charge in [-0.05, 0) is 31.0 Å². The van der Waals surface area contributed by atoms with Crippen LogP contribution in [0.3, 0.4) is 0 Å². The molecule has 0 radical (unpaired) electrons. The molecule has 0 aliphatic carbocycles. The van der Waals surface area contributed by atoms with Crippen LogP contribution in [0.4, 0.5) is 0 Å². The van der Waals surface area contributed by atoms with Crippen LogP contribution in [0.2, 0.25) is 10.0 Å². The van der Waals surface area contributed by atoms with Gasteiger partial charge in [0.1, 0.15) is 5.01 Å². The third-order valence-electron chi connectivity index (χ3n) is 5.33. The SMILES string of the molecule is O=C(c1ccc(Cl)c(Cl)c1)C1CCN(C(=O)Cc2csc(-c3ccccc3)n2)CC1. The zero-order valence-electron chi connectivity index (χ0n) is 16.2. The minimum atomic E-state index is -0.102. The average molecular weight is 459 g/mol. The molecule has 0 atom stereocenters. The summed E-state index contributed by atoms with van der Waals surface area (Å²) in [5, 5.41) is 3.68. The fraction of sp³-hybridized carbons (Fsp3) is 0.261. The predicted octanol–water partition coefficient (Wildman–Crippen LogP) is 5.78. The summed E-state index contributed by atoms with van der Waals surface area (Å²) in [6.45, 7) is 1.15. The Morgan fingerprint density at radius 2 is 1.77 bits per heavy atom. The Labute approximate surface area is 189 Å². The smallest absolute Gasteiger partial charge is 0.228 e. The molecular formula is C23H20Cl2N2O2S. The van der Waals surface area contributed by atoms with Crippen molar-refractivity contribution >= 4 is 46.2 Å². The molecule has 4 rings (SSSR count). The first-order valence-electron chi connectivity index (χ1n) is 9.78. The van der Waals surface area contributed by atoms with Crippen molar-refractivity contribution in [2.45, 2.75) is 19.3 Å². The second-order valence-electron chi connectivity index (χ2n) is 7.33. The molecule has 4 nitrogen and oxygen atoms in total. The Morgan fingerprint density at radius 1 is 1.03 bits per heavy atom. The number of hydrogen-bond acceptors (Lipinski definition) is 4. The van der Waals surface area contributed by atoms with Gasteiger partial charge in [-0.1, -0.05) is 53.5 Å². The molecule has 1 aliphatic rings. The average Bonchev–Trinajstić information content (AvgIpc) is 3.24. The minimum Gasteiger partial charge on any atom is -0.342 e. The minimum absolute atomic E-state index is 0.0559. The van der Waals surface area contributed by atoms with Gasteiger partial charge in [-0.2, -0.15) is 0 Å². The molecule has 7 heteroatoms. The Hall–Kier alpha value is -2.21. The van der Waals surface area contributed by atoms with Crippen LogP contribution in [0.25, 0.3) is 10.6 Å². The van der Waals surface area contributed by atoms with Crippen LogP contribution < -0.4 is 0 Å². The van der Waals surface area contributed by atoms with E-state index in [-0.39, 0.29) is 24.0 Å². The van der Waals surface area contributed by atoms with E-state index in [2.05, 4.69) is 4.98 Å². The summed E-state index contributed by atoms with van der Waals surface area (Å²) in [7, 11) is 0. The van der Waals surface area contributed by atoms with E-state index >= 15 is 0 Å². The maximum atomic E-state index is 12.8. The highest BCUT2D eigenvalue weighted by molar-refractivity contribution is 7.13. The number of benzene rings is 2. The van der Waals surface area contributed by atoms with Crippen LogP contribution in [0.5, 0.6) is 0 Å². The van der Waals surface area contributed by atoms with Crippen molar-refractivity contribution in [1.82, 2.24) is 9.88 Å². The van der Waals surface area contributed by atoms with Crippen molar-refractivity contribution in [3.8, 4) is 10.6 Å². The summed E-state index contributed by atoms with van der Waals surface area (Å²) in [4.78, 5) is 31.9. The van der Waals surface area contributed by atoms with E-state index in [9.17, 15) is 9.59 Å². The van der Waals surface area contributed by atoms with Gasteiger partial charge in [0.2, 0.25) is 5.91 Å². The molecule has 2 heterocycles. The molecule has 0 unspecified atom stereocenters. The number of halogens is 2. The van der Waals surface area contributed by atoms with E-state index in [1.54, 1.807) is 29.5 Å². The fourth-order valence-corrected chi connectivity index (χ4v) is 4.77. The van der Waals surface area contributed by atoms with E-state index in [0.29, 0.717) is 41.5 Å². The summed E-state index contributed by atoms with van der Waals surface area (Å²) in [6.07, 6.45) is 1.59. The summed E-state index contributed by atoms with van der Waals surface area (Å²) < 4.78 is 0. The van der Waals surface area contributed by atoms with Gasteiger partial charge in [-0.3, -0.25) is 9.59 Å². The second kappa shape index (κ2) is 9.29. The Balaban J connectivity index is 1.33. The number of rotatable bonds is 5.